The molecule has 1 atom stereocenters. The van der Waals surface area contributed by atoms with Crippen LogP contribution < -0.4 is 14.8 Å². The van der Waals surface area contributed by atoms with E-state index >= 15 is 0 Å². The van der Waals surface area contributed by atoms with Gasteiger partial charge in [0.15, 0.2) is 6.61 Å². The van der Waals surface area contributed by atoms with Crippen molar-refractivity contribution in [3.63, 3.8) is 0 Å². The summed E-state index contributed by atoms with van der Waals surface area (Å²) in [6.45, 7) is 0.506. The highest BCUT2D eigenvalue weighted by molar-refractivity contribution is 6.02. The second-order valence-corrected chi connectivity index (χ2v) is 5.65. The third-order valence-electron chi connectivity index (χ3n) is 3.62. The molecular weight excluding hydrogens is 346 g/mol. The predicted octanol–water partition coefficient (Wildman–Crippen LogP) is 3.15. The number of hydrogen-bond donors (Lipinski definition) is 1. The van der Waals surface area contributed by atoms with E-state index in [1.165, 1.54) is 18.2 Å². The summed E-state index contributed by atoms with van der Waals surface area (Å²) in [4.78, 5) is 16.2. The molecule has 0 saturated carbocycles. The van der Waals surface area contributed by atoms with Crippen LogP contribution in [-0.4, -0.2) is 43.2 Å². The van der Waals surface area contributed by atoms with Gasteiger partial charge in [-0.05, 0) is 30.3 Å². The van der Waals surface area contributed by atoms with Crippen molar-refractivity contribution in [3.8, 4) is 11.6 Å². The molecule has 1 aromatic heterocycles. The molecule has 2 aromatic rings. The zero-order chi connectivity index (χ0) is 18.4. The van der Waals surface area contributed by atoms with E-state index in [2.05, 4.69) is 10.3 Å². The monoisotopic (exact) mass is 364 g/mol. The Morgan fingerprint density at radius 3 is 2.77 bits per heavy atom. The summed E-state index contributed by atoms with van der Waals surface area (Å²) in [5.41, 5.74) is 0.630. The minimum absolute atomic E-state index is 0.0273. The topological polar surface area (TPSA) is 69.7 Å². The fourth-order valence-corrected chi connectivity index (χ4v) is 2.38. The largest absolute Gasteiger partial charge is 0.488 e. The number of rotatable bonds is 7. The minimum Gasteiger partial charge on any atom is -0.488 e. The maximum Gasteiger partial charge on any atom is 0.274 e. The Balaban J connectivity index is 1.57. The molecule has 138 valence electrons. The van der Waals surface area contributed by atoms with Crippen LogP contribution in [0.2, 0.25) is 0 Å². The Labute approximate surface area is 149 Å². The van der Waals surface area contributed by atoms with E-state index in [1.54, 1.807) is 24.3 Å². The smallest absolute Gasteiger partial charge is 0.274 e. The van der Waals surface area contributed by atoms with E-state index in [4.69, 9.17) is 14.2 Å². The quantitative estimate of drug-likeness (QED) is 0.817. The molecule has 1 aliphatic heterocycles. The van der Waals surface area contributed by atoms with Crippen LogP contribution in [0.5, 0.6) is 11.6 Å². The SMILES string of the molecule is O=C(Nc1ccc(OC2CCOC2)cc1)c1cccc(OCC(F)F)n1. The predicted molar refractivity (Wildman–Crippen MR) is 90.0 cm³/mol. The van der Waals surface area contributed by atoms with E-state index < -0.39 is 18.9 Å². The second kappa shape index (κ2) is 8.57. The number of aromatic nitrogens is 1. The average Bonchev–Trinajstić information content (AvgIpc) is 3.15. The highest BCUT2D eigenvalue weighted by atomic mass is 19.3. The van der Waals surface area contributed by atoms with Gasteiger partial charge in [0.1, 0.15) is 17.5 Å². The molecule has 1 saturated heterocycles. The van der Waals surface area contributed by atoms with E-state index in [0.717, 1.165) is 6.42 Å². The number of halogens is 2. The van der Waals surface area contributed by atoms with Gasteiger partial charge in [-0.1, -0.05) is 6.07 Å². The van der Waals surface area contributed by atoms with E-state index in [9.17, 15) is 13.6 Å². The van der Waals surface area contributed by atoms with Gasteiger partial charge in [-0.3, -0.25) is 4.79 Å². The molecule has 1 unspecified atom stereocenters. The number of benzene rings is 1. The molecule has 2 heterocycles. The molecule has 0 bridgehead atoms. The van der Waals surface area contributed by atoms with Crippen molar-refractivity contribution in [2.45, 2.75) is 19.0 Å². The summed E-state index contributed by atoms with van der Waals surface area (Å²) in [6, 6.07) is 11.3. The Kier molecular flexibility index (Phi) is 5.96. The number of hydrogen-bond acceptors (Lipinski definition) is 5. The summed E-state index contributed by atoms with van der Waals surface area (Å²) in [5, 5.41) is 2.69. The van der Waals surface area contributed by atoms with Crippen LogP contribution in [0.3, 0.4) is 0 Å². The lowest BCUT2D eigenvalue weighted by atomic mass is 10.2. The zero-order valence-electron chi connectivity index (χ0n) is 13.9. The molecule has 1 aliphatic rings. The van der Waals surface area contributed by atoms with Gasteiger partial charge >= 0.3 is 0 Å². The Morgan fingerprint density at radius 1 is 1.27 bits per heavy atom. The lowest BCUT2D eigenvalue weighted by molar-refractivity contribution is 0.0794. The number of nitrogens with one attached hydrogen (secondary N) is 1. The van der Waals surface area contributed by atoms with Crippen LogP contribution in [0.25, 0.3) is 0 Å². The highest BCUT2D eigenvalue weighted by Crippen LogP contribution is 2.20. The van der Waals surface area contributed by atoms with Gasteiger partial charge < -0.3 is 19.5 Å². The van der Waals surface area contributed by atoms with E-state index in [1.807, 2.05) is 0 Å². The highest BCUT2D eigenvalue weighted by Gasteiger charge is 2.17. The van der Waals surface area contributed by atoms with E-state index in [0.29, 0.717) is 24.7 Å². The number of anilines is 1. The Morgan fingerprint density at radius 2 is 2.08 bits per heavy atom. The molecule has 1 fully saturated rings. The van der Waals surface area contributed by atoms with Crippen molar-refractivity contribution < 1.29 is 27.8 Å². The number of carbonyl (C=O) groups is 1. The first-order valence-corrected chi connectivity index (χ1v) is 8.14. The minimum atomic E-state index is -2.61. The molecule has 0 radical (unpaired) electrons. The van der Waals surface area contributed by atoms with Crippen molar-refractivity contribution in [1.29, 1.82) is 0 Å². The van der Waals surface area contributed by atoms with Crippen LogP contribution in [0.1, 0.15) is 16.9 Å². The lowest BCUT2D eigenvalue weighted by Gasteiger charge is -2.12. The number of ether oxygens (including phenoxy) is 3. The molecule has 6 nitrogen and oxygen atoms in total. The average molecular weight is 364 g/mol. The van der Waals surface area contributed by atoms with Crippen molar-refractivity contribution in [1.82, 2.24) is 4.98 Å². The molecule has 1 N–H and O–H groups in total. The molecule has 1 amide bonds. The third kappa shape index (κ3) is 5.13. The van der Waals surface area contributed by atoms with Gasteiger partial charge in [-0.2, -0.15) is 0 Å². The zero-order valence-corrected chi connectivity index (χ0v) is 13.9. The molecule has 0 spiro atoms. The van der Waals surface area contributed by atoms with Gasteiger partial charge in [0.25, 0.3) is 12.3 Å². The molecule has 1 aromatic carbocycles. The maximum atomic E-state index is 12.2. The molecule has 0 aliphatic carbocycles. The van der Waals surface area contributed by atoms with Gasteiger partial charge in [0.05, 0.1) is 13.2 Å². The van der Waals surface area contributed by atoms with Crippen molar-refractivity contribution >= 4 is 11.6 Å². The van der Waals surface area contributed by atoms with Crippen LogP contribution in [0, 0.1) is 0 Å². The molecular formula is C18H18F2N2O4. The van der Waals surface area contributed by atoms with Gasteiger partial charge in [0.2, 0.25) is 5.88 Å². The number of carbonyl (C=O) groups excluding carboxylic acids is 1. The standard InChI is InChI=1S/C18H18F2N2O4/c19-16(20)11-25-17-3-1-2-15(22-17)18(23)21-12-4-6-13(7-5-12)26-14-8-9-24-10-14/h1-7,14,16H,8-11H2,(H,21,23). The number of nitrogens with zero attached hydrogens (tertiary/aromatic N) is 1. The first-order chi connectivity index (χ1) is 12.6. The number of pyridine rings is 1. The fourth-order valence-electron chi connectivity index (χ4n) is 2.38. The Hall–Kier alpha value is -2.74. The Bertz CT molecular complexity index is 734. The van der Waals surface area contributed by atoms with Gasteiger partial charge in [0, 0.05) is 18.2 Å². The molecule has 26 heavy (non-hydrogen) atoms. The van der Waals surface area contributed by atoms with Gasteiger partial charge in [-0.25, -0.2) is 13.8 Å². The first kappa shape index (κ1) is 18.1. The number of alkyl halides is 2. The maximum absolute atomic E-state index is 12.2. The summed E-state index contributed by atoms with van der Waals surface area (Å²) < 4.78 is 40.2. The summed E-state index contributed by atoms with van der Waals surface area (Å²) >= 11 is 0. The number of amides is 1. The van der Waals surface area contributed by atoms with Crippen LogP contribution in [0.15, 0.2) is 42.5 Å². The van der Waals surface area contributed by atoms with Crippen molar-refractivity contribution in [3.05, 3.63) is 48.2 Å². The van der Waals surface area contributed by atoms with Gasteiger partial charge in [-0.15, -0.1) is 0 Å². The van der Waals surface area contributed by atoms with Crippen molar-refractivity contribution in [2.24, 2.45) is 0 Å². The third-order valence-corrected chi connectivity index (χ3v) is 3.62. The second-order valence-electron chi connectivity index (χ2n) is 5.65. The summed E-state index contributed by atoms with van der Waals surface area (Å²) in [5.74, 6) is 0.199. The molecule has 8 heteroatoms. The fraction of sp³-hybridized carbons (Fsp3) is 0.333. The summed E-state index contributed by atoms with van der Waals surface area (Å²) in [7, 11) is 0. The van der Waals surface area contributed by atoms with Crippen molar-refractivity contribution in [2.75, 3.05) is 25.1 Å². The van der Waals surface area contributed by atoms with Crippen LogP contribution in [-0.2, 0) is 4.74 Å². The first-order valence-electron chi connectivity index (χ1n) is 8.14. The van der Waals surface area contributed by atoms with Crippen LogP contribution in [0.4, 0.5) is 14.5 Å². The normalized spacial score (nSPS) is 16.5. The van der Waals surface area contributed by atoms with Crippen LogP contribution >= 0.6 is 0 Å². The lowest BCUT2D eigenvalue weighted by Crippen LogP contribution is -2.16. The van der Waals surface area contributed by atoms with E-state index in [-0.39, 0.29) is 17.7 Å². The molecule has 3 rings (SSSR count). The summed E-state index contributed by atoms with van der Waals surface area (Å²) in [6.07, 6.45) is -1.70.